The average molecular weight is 475 g/mol. The molecule has 0 saturated heterocycles. The van der Waals surface area contributed by atoms with Crippen molar-refractivity contribution in [2.75, 3.05) is 7.11 Å². The van der Waals surface area contributed by atoms with Gasteiger partial charge in [0.05, 0.1) is 19.2 Å². The number of hydrogen-bond donors (Lipinski definition) is 1. The van der Waals surface area contributed by atoms with Crippen LogP contribution in [0.15, 0.2) is 96.6 Å². The molecule has 3 aromatic carbocycles. The number of hydrogen-bond acceptors (Lipinski definition) is 6. The van der Waals surface area contributed by atoms with Crippen LogP contribution >= 0.6 is 11.8 Å². The highest BCUT2D eigenvalue weighted by Gasteiger charge is 2.22. The van der Waals surface area contributed by atoms with Crippen molar-refractivity contribution < 1.29 is 18.7 Å². The van der Waals surface area contributed by atoms with Crippen LogP contribution in [0.3, 0.4) is 0 Å². The van der Waals surface area contributed by atoms with E-state index in [4.69, 9.17) is 9.15 Å². The average Bonchev–Trinajstić information content (AvgIpc) is 2.85. The first kappa shape index (κ1) is 21.8. The zero-order valence-electron chi connectivity index (χ0n) is 17.9. The summed E-state index contributed by atoms with van der Waals surface area (Å²) in [7, 11) is 1.50. The van der Waals surface area contributed by atoms with Crippen LogP contribution in [0.5, 0.6) is 11.5 Å². The number of benzene rings is 3. The molecule has 0 spiro atoms. The lowest BCUT2D eigenvalue weighted by Crippen LogP contribution is -2.23. The predicted molar refractivity (Wildman–Crippen MR) is 129 cm³/mol. The Bertz CT molecular complexity index is 1640. The molecular formula is C26H18FNO5S. The molecule has 0 atom stereocenters. The molecule has 5 rings (SSSR count). The summed E-state index contributed by atoms with van der Waals surface area (Å²) in [5.74, 6) is -0.319. The SMILES string of the molecule is COc1ccc2c3oc(=O)c(Sc4ccccc4)c(O)c3c(=O)n(Cc3ccc(F)cc3)c2c1. The second-order valence-corrected chi connectivity index (χ2v) is 8.67. The third kappa shape index (κ3) is 3.82. The molecule has 0 amide bonds. The Labute approximate surface area is 196 Å². The van der Waals surface area contributed by atoms with Crippen molar-refractivity contribution >= 4 is 33.6 Å². The van der Waals surface area contributed by atoms with E-state index in [0.29, 0.717) is 27.1 Å². The molecule has 0 unspecified atom stereocenters. The molecule has 0 aliphatic heterocycles. The fraction of sp³-hybridized carbons (Fsp3) is 0.0769. The molecule has 34 heavy (non-hydrogen) atoms. The maximum atomic E-state index is 13.7. The Balaban J connectivity index is 1.81. The highest BCUT2D eigenvalue weighted by atomic mass is 32.2. The minimum atomic E-state index is -0.744. The third-order valence-corrected chi connectivity index (χ3v) is 6.55. The summed E-state index contributed by atoms with van der Waals surface area (Å²) in [6.07, 6.45) is 0. The maximum Gasteiger partial charge on any atom is 0.354 e. The Morgan fingerprint density at radius 1 is 1.03 bits per heavy atom. The van der Waals surface area contributed by atoms with E-state index in [9.17, 15) is 19.1 Å². The topological polar surface area (TPSA) is 81.7 Å². The van der Waals surface area contributed by atoms with Crippen molar-refractivity contribution in [1.29, 1.82) is 0 Å². The first-order valence-electron chi connectivity index (χ1n) is 10.3. The number of halogens is 1. The lowest BCUT2D eigenvalue weighted by atomic mass is 10.1. The van der Waals surface area contributed by atoms with Gasteiger partial charge in [-0.1, -0.05) is 42.1 Å². The quantitative estimate of drug-likeness (QED) is 0.354. The zero-order valence-corrected chi connectivity index (χ0v) is 18.8. The molecule has 0 radical (unpaired) electrons. The minimum Gasteiger partial charge on any atom is -0.505 e. The van der Waals surface area contributed by atoms with Gasteiger partial charge in [-0.25, -0.2) is 9.18 Å². The normalized spacial score (nSPS) is 11.2. The summed E-state index contributed by atoms with van der Waals surface area (Å²) < 4.78 is 25.8. The second-order valence-electron chi connectivity index (χ2n) is 7.59. The number of nitrogens with zero attached hydrogens (tertiary/aromatic N) is 1. The zero-order chi connectivity index (χ0) is 23.8. The highest BCUT2D eigenvalue weighted by molar-refractivity contribution is 7.99. The fourth-order valence-electron chi connectivity index (χ4n) is 3.82. The molecule has 170 valence electrons. The van der Waals surface area contributed by atoms with Crippen molar-refractivity contribution in [3.05, 3.63) is 105 Å². The monoisotopic (exact) mass is 475 g/mol. The molecule has 6 nitrogen and oxygen atoms in total. The maximum absolute atomic E-state index is 13.7. The van der Waals surface area contributed by atoms with E-state index in [1.807, 2.05) is 6.07 Å². The lowest BCUT2D eigenvalue weighted by Gasteiger charge is -2.15. The number of rotatable bonds is 5. The van der Waals surface area contributed by atoms with Gasteiger partial charge in [-0.05, 0) is 42.0 Å². The summed E-state index contributed by atoms with van der Waals surface area (Å²) in [5.41, 5.74) is -0.157. The predicted octanol–water partition coefficient (Wildman–Crippen LogP) is 5.16. The van der Waals surface area contributed by atoms with Crippen LogP contribution in [-0.4, -0.2) is 16.8 Å². The van der Waals surface area contributed by atoms with Gasteiger partial charge in [-0.3, -0.25) is 4.79 Å². The third-order valence-electron chi connectivity index (χ3n) is 5.48. The van der Waals surface area contributed by atoms with Gasteiger partial charge in [-0.15, -0.1) is 0 Å². The van der Waals surface area contributed by atoms with Gasteiger partial charge < -0.3 is 18.8 Å². The molecule has 8 heteroatoms. The van der Waals surface area contributed by atoms with Gasteiger partial charge in [0.1, 0.15) is 21.8 Å². The molecule has 0 aliphatic carbocycles. The summed E-state index contributed by atoms with van der Waals surface area (Å²) in [5, 5.41) is 11.5. The van der Waals surface area contributed by atoms with Crippen LogP contribution in [0, 0.1) is 5.82 Å². The highest BCUT2D eigenvalue weighted by Crippen LogP contribution is 2.37. The number of fused-ring (bicyclic) bond motifs is 3. The molecule has 5 aromatic rings. The van der Waals surface area contributed by atoms with Crippen LogP contribution in [0.25, 0.3) is 21.9 Å². The van der Waals surface area contributed by atoms with Crippen molar-refractivity contribution in [2.24, 2.45) is 0 Å². The van der Waals surface area contributed by atoms with Gasteiger partial charge in [0.2, 0.25) is 0 Å². The van der Waals surface area contributed by atoms with Gasteiger partial charge in [0.15, 0.2) is 11.3 Å². The lowest BCUT2D eigenvalue weighted by molar-refractivity contribution is 0.415. The molecule has 0 saturated carbocycles. The summed E-state index contributed by atoms with van der Waals surface area (Å²) in [6, 6.07) is 19.8. The summed E-state index contributed by atoms with van der Waals surface area (Å²) in [4.78, 5) is 27.1. The Kier molecular flexibility index (Phi) is 5.59. The largest absolute Gasteiger partial charge is 0.505 e. The first-order valence-corrected chi connectivity index (χ1v) is 11.2. The smallest absolute Gasteiger partial charge is 0.354 e. The standard InChI is InChI=1S/C26H18FNO5S/c1-32-17-11-12-19-20(13-17)28(14-15-7-9-16(27)10-8-15)25(30)21-22(29)24(26(31)33-23(19)21)34-18-5-3-2-4-6-18/h2-13,29H,14H2,1H3. The van der Waals surface area contributed by atoms with Gasteiger partial charge in [-0.2, -0.15) is 0 Å². The number of pyridine rings is 1. The van der Waals surface area contributed by atoms with Crippen molar-refractivity contribution in [1.82, 2.24) is 4.57 Å². The fourth-order valence-corrected chi connectivity index (χ4v) is 4.67. The van der Waals surface area contributed by atoms with Crippen LogP contribution in [0.1, 0.15) is 5.56 Å². The van der Waals surface area contributed by atoms with Crippen LogP contribution in [0.2, 0.25) is 0 Å². The van der Waals surface area contributed by atoms with Crippen LogP contribution < -0.4 is 15.9 Å². The number of aromatic nitrogens is 1. The Morgan fingerprint density at radius 2 is 1.76 bits per heavy atom. The van der Waals surface area contributed by atoms with Gasteiger partial charge >= 0.3 is 5.63 Å². The van der Waals surface area contributed by atoms with E-state index in [-0.39, 0.29) is 28.2 Å². The molecule has 1 N–H and O–H groups in total. The Morgan fingerprint density at radius 3 is 2.47 bits per heavy atom. The van der Waals surface area contributed by atoms with Gasteiger partial charge in [0, 0.05) is 16.3 Å². The van der Waals surface area contributed by atoms with E-state index >= 15 is 0 Å². The molecule has 0 aliphatic rings. The summed E-state index contributed by atoms with van der Waals surface area (Å²) >= 11 is 1.02. The molecule has 0 bridgehead atoms. The first-order chi connectivity index (χ1) is 16.5. The molecular weight excluding hydrogens is 457 g/mol. The van der Waals surface area contributed by atoms with Crippen molar-refractivity contribution in [3.63, 3.8) is 0 Å². The van der Waals surface area contributed by atoms with Crippen molar-refractivity contribution in [3.8, 4) is 11.5 Å². The molecule has 0 fully saturated rings. The van der Waals surface area contributed by atoms with Crippen LogP contribution in [-0.2, 0) is 6.54 Å². The number of ether oxygens (including phenoxy) is 1. The molecule has 2 heterocycles. The van der Waals surface area contributed by atoms with E-state index in [1.165, 1.54) is 23.8 Å². The summed E-state index contributed by atoms with van der Waals surface area (Å²) in [6.45, 7) is 0.110. The number of methoxy groups -OCH3 is 1. The Hall–Kier alpha value is -4.04. The molecule has 2 aromatic heterocycles. The van der Waals surface area contributed by atoms with E-state index in [1.54, 1.807) is 54.6 Å². The van der Waals surface area contributed by atoms with Crippen molar-refractivity contribution in [2.45, 2.75) is 16.3 Å². The van der Waals surface area contributed by atoms with E-state index in [2.05, 4.69) is 0 Å². The van der Waals surface area contributed by atoms with Gasteiger partial charge in [0.25, 0.3) is 5.56 Å². The minimum absolute atomic E-state index is 0.00193. The number of aromatic hydroxyl groups is 1. The van der Waals surface area contributed by atoms with Crippen LogP contribution in [0.4, 0.5) is 4.39 Å². The van der Waals surface area contributed by atoms with E-state index < -0.39 is 16.9 Å². The van der Waals surface area contributed by atoms with E-state index in [0.717, 1.165) is 11.8 Å². The second kappa shape index (κ2) is 8.72.